The number of hydrogen-bond acceptors (Lipinski definition) is 4. The third-order valence-corrected chi connectivity index (χ3v) is 4.39. The van der Waals surface area contributed by atoms with E-state index in [1.807, 2.05) is 0 Å². The summed E-state index contributed by atoms with van der Waals surface area (Å²) in [6.07, 6.45) is -1.17. The van der Waals surface area contributed by atoms with Crippen LogP contribution in [0.4, 0.5) is 11.4 Å². The molecule has 6 nitrogen and oxygen atoms in total. The minimum absolute atomic E-state index is 0.0270. The fourth-order valence-electron chi connectivity index (χ4n) is 1.91. The molecule has 0 saturated carbocycles. The topological polar surface area (TPSA) is 84.3 Å². The van der Waals surface area contributed by atoms with Crippen molar-refractivity contribution in [2.24, 2.45) is 0 Å². The van der Waals surface area contributed by atoms with Crippen molar-refractivity contribution in [1.29, 1.82) is 0 Å². The Bertz CT molecular complexity index is 824. The van der Waals surface area contributed by atoms with Gasteiger partial charge in [-0.25, -0.2) is 0 Å². The van der Waals surface area contributed by atoms with E-state index >= 15 is 0 Å². The molecule has 0 bridgehead atoms. The number of carbonyl (C=O) groups excluding carboxylic acids is 1. The smallest absolute Gasteiger partial charge is 0.271 e. The van der Waals surface area contributed by atoms with E-state index in [0.717, 1.165) is 6.07 Å². The Balaban J connectivity index is 2.22. The first-order valence-electron chi connectivity index (χ1n) is 6.91. The largest absolute Gasteiger partial charge is 0.361 e. The predicted octanol–water partition coefficient (Wildman–Crippen LogP) is 5.44. The lowest BCUT2D eigenvalue weighted by Gasteiger charge is -2.27. The van der Waals surface area contributed by atoms with Gasteiger partial charge in [-0.05, 0) is 30.3 Å². The van der Waals surface area contributed by atoms with Crippen molar-refractivity contribution in [3.63, 3.8) is 0 Å². The molecule has 26 heavy (non-hydrogen) atoms. The molecule has 2 rings (SSSR count). The van der Waals surface area contributed by atoms with Crippen LogP contribution in [0.3, 0.4) is 0 Å². The van der Waals surface area contributed by atoms with Crippen LogP contribution in [0.2, 0.25) is 10.0 Å². The highest BCUT2D eigenvalue weighted by Gasteiger charge is 2.34. The second-order valence-corrected chi connectivity index (χ2v) is 8.23. The number of halogens is 5. The molecule has 0 aliphatic carbocycles. The Morgan fingerprint density at radius 3 is 2.19 bits per heavy atom. The molecule has 0 aliphatic heterocycles. The zero-order valence-corrected chi connectivity index (χ0v) is 16.5. The van der Waals surface area contributed by atoms with Gasteiger partial charge in [-0.1, -0.05) is 58.0 Å². The molecule has 0 saturated heterocycles. The van der Waals surface area contributed by atoms with Crippen LogP contribution in [-0.4, -0.2) is 20.8 Å². The predicted molar refractivity (Wildman–Crippen MR) is 105 cm³/mol. The lowest BCUT2D eigenvalue weighted by atomic mass is 10.2. The molecule has 0 radical (unpaired) electrons. The zero-order chi connectivity index (χ0) is 19.5. The van der Waals surface area contributed by atoms with Crippen LogP contribution in [0.5, 0.6) is 0 Å². The average molecular weight is 458 g/mol. The van der Waals surface area contributed by atoms with Crippen LogP contribution in [0.25, 0.3) is 0 Å². The third kappa shape index (κ3) is 5.53. The normalized spacial score (nSPS) is 12.3. The van der Waals surface area contributed by atoms with E-state index in [4.69, 9.17) is 58.0 Å². The van der Waals surface area contributed by atoms with Crippen LogP contribution >= 0.6 is 58.0 Å². The van der Waals surface area contributed by atoms with Gasteiger partial charge in [0.2, 0.25) is 3.79 Å². The molecule has 2 aromatic rings. The summed E-state index contributed by atoms with van der Waals surface area (Å²) in [6, 6.07) is 9.81. The number of nitro groups is 1. The summed E-state index contributed by atoms with van der Waals surface area (Å²) in [7, 11) is 0. The van der Waals surface area contributed by atoms with Crippen LogP contribution < -0.4 is 10.6 Å². The first kappa shape index (κ1) is 20.9. The van der Waals surface area contributed by atoms with Crippen molar-refractivity contribution in [1.82, 2.24) is 5.32 Å². The number of carbonyl (C=O) groups is 1. The van der Waals surface area contributed by atoms with Gasteiger partial charge in [0.1, 0.15) is 6.17 Å². The van der Waals surface area contributed by atoms with Crippen molar-refractivity contribution in [3.05, 3.63) is 68.2 Å². The molecule has 11 heteroatoms. The zero-order valence-electron chi connectivity index (χ0n) is 12.7. The van der Waals surface area contributed by atoms with Gasteiger partial charge in [-0.15, -0.1) is 0 Å². The molecule has 2 aromatic carbocycles. The second-order valence-electron chi connectivity index (χ2n) is 5.02. The number of hydrogen-bond donors (Lipinski definition) is 2. The van der Waals surface area contributed by atoms with E-state index < -0.39 is 20.8 Å². The van der Waals surface area contributed by atoms with E-state index in [0.29, 0.717) is 10.6 Å². The number of amides is 1. The molecular formula is C15H10Cl5N3O3. The molecule has 0 heterocycles. The van der Waals surface area contributed by atoms with Gasteiger partial charge in [-0.2, -0.15) is 0 Å². The Labute approximate surface area is 173 Å². The van der Waals surface area contributed by atoms with Crippen molar-refractivity contribution >= 4 is 75.3 Å². The van der Waals surface area contributed by atoms with Gasteiger partial charge < -0.3 is 10.6 Å². The SMILES string of the molecule is O=C(N[C@@H](Nc1ccc([N+](=O)[O-])cc1Cl)C(Cl)(Cl)Cl)c1ccc(Cl)cc1. The summed E-state index contributed by atoms with van der Waals surface area (Å²) in [4.78, 5) is 22.5. The summed E-state index contributed by atoms with van der Waals surface area (Å²) in [6.45, 7) is 0. The summed E-state index contributed by atoms with van der Waals surface area (Å²) in [5.74, 6) is -0.525. The number of anilines is 1. The highest BCUT2D eigenvalue weighted by atomic mass is 35.6. The maximum atomic E-state index is 12.3. The van der Waals surface area contributed by atoms with Crippen molar-refractivity contribution in [3.8, 4) is 0 Å². The van der Waals surface area contributed by atoms with Gasteiger partial charge in [0.15, 0.2) is 0 Å². The fourth-order valence-corrected chi connectivity index (χ4v) is 2.59. The molecule has 2 N–H and O–H groups in total. The average Bonchev–Trinajstić information content (AvgIpc) is 2.55. The second kappa shape index (κ2) is 8.50. The Kier molecular flexibility index (Phi) is 6.82. The monoisotopic (exact) mass is 455 g/mol. The van der Waals surface area contributed by atoms with E-state index in [9.17, 15) is 14.9 Å². The first-order valence-corrected chi connectivity index (χ1v) is 8.80. The molecule has 0 unspecified atom stereocenters. The van der Waals surface area contributed by atoms with Gasteiger partial charge in [-0.3, -0.25) is 14.9 Å². The number of nitrogens with one attached hydrogen (secondary N) is 2. The number of non-ortho nitro benzene ring substituents is 1. The minimum atomic E-state index is -1.94. The molecule has 0 spiro atoms. The Hall–Kier alpha value is -1.44. The maximum Gasteiger partial charge on any atom is 0.271 e. The maximum absolute atomic E-state index is 12.3. The van der Waals surface area contributed by atoms with Gasteiger partial charge >= 0.3 is 0 Å². The molecule has 1 amide bonds. The molecule has 1 atom stereocenters. The van der Waals surface area contributed by atoms with Gasteiger partial charge in [0.05, 0.1) is 15.6 Å². The number of nitrogens with zero attached hydrogens (tertiary/aromatic N) is 1. The van der Waals surface area contributed by atoms with Crippen molar-refractivity contribution in [2.45, 2.75) is 9.96 Å². The number of rotatable bonds is 5. The van der Waals surface area contributed by atoms with Crippen LogP contribution in [0, 0.1) is 10.1 Å². The lowest BCUT2D eigenvalue weighted by Crippen LogP contribution is -2.49. The molecular weight excluding hydrogens is 447 g/mol. The van der Waals surface area contributed by atoms with E-state index in [-0.39, 0.29) is 16.4 Å². The van der Waals surface area contributed by atoms with Gasteiger partial charge in [0, 0.05) is 22.7 Å². The highest BCUT2D eigenvalue weighted by Crippen LogP contribution is 2.34. The summed E-state index contributed by atoms with van der Waals surface area (Å²) < 4.78 is -1.94. The number of benzene rings is 2. The number of nitro benzene ring substituents is 1. The summed E-state index contributed by atoms with van der Waals surface area (Å²) in [5.41, 5.74) is 0.339. The highest BCUT2D eigenvalue weighted by molar-refractivity contribution is 6.68. The summed E-state index contributed by atoms with van der Waals surface area (Å²) >= 11 is 29.6. The Morgan fingerprint density at radius 1 is 1.08 bits per heavy atom. The van der Waals surface area contributed by atoms with Crippen LogP contribution in [-0.2, 0) is 0 Å². The quantitative estimate of drug-likeness (QED) is 0.271. The standard InChI is InChI=1S/C15H10Cl5N3O3/c16-9-3-1-8(2-4-9)13(24)22-14(15(18,19)20)21-12-6-5-10(23(25)26)7-11(12)17/h1-7,14,21H,(H,22,24)/t14-/m1/s1. The molecule has 0 aromatic heterocycles. The van der Waals surface area contributed by atoms with Gasteiger partial charge in [0.25, 0.3) is 11.6 Å². The molecule has 138 valence electrons. The van der Waals surface area contributed by atoms with E-state index in [1.165, 1.54) is 24.3 Å². The summed E-state index contributed by atoms with van der Waals surface area (Å²) in [5, 5.41) is 16.5. The first-order chi connectivity index (χ1) is 12.1. The Morgan fingerprint density at radius 2 is 1.69 bits per heavy atom. The molecule has 0 fully saturated rings. The van der Waals surface area contributed by atoms with E-state index in [2.05, 4.69) is 10.6 Å². The van der Waals surface area contributed by atoms with E-state index in [1.54, 1.807) is 12.1 Å². The number of alkyl halides is 3. The third-order valence-electron chi connectivity index (χ3n) is 3.17. The lowest BCUT2D eigenvalue weighted by molar-refractivity contribution is -0.384. The van der Waals surface area contributed by atoms with Crippen molar-refractivity contribution in [2.75, 3.05) is 5.32 Å². The minimum Gasteiger partial charge on any atom is -0.361 e. The van der Waals surface area contributed by atoms with Crippen molar-refractivity contribution < 1.29 is 9.72 Å². The van der Waals surface area contributed by atoms with Crippen LogP contribution in [0.15, 0.2) is 42.5 Å². The molecule has 0 aliphatic rings. The fraction of sp³-hybridized carbons (Fsp3) is 0.133. The van der Waals surface area contributed by atoms with Crippen LogP contribution in [0.1, 0.15) is 10.4 Å².